The van der Waals surface area contributed by atoms with Gasteiger partial charge in [0.1, 0.15) is 4.21 Å². The summed E-state index contributed by atoms with van der Waals surface area (Å²) in [4.78, 5) is 14.1. The Morgan fingerprint density at radius 1 is 1.12 bits per heavy atom. The molecular weight excluding hydrogens is 382 g/mol. The van der Waals surface area contributed by atoms with Crippen LogP contribution in [0.5, 0.6) is 0 Å². The second-order valence-corrected chi connectivity index (χ2v) is 9.22. The second kappa shape index (κ2) is 7.84. The number of piperazine rings is 1. The lowest BCUT2D eigenvalue weighted by atomic mass is 10.3. The molecule has 1 aromatic carbocycles. The fourth-order valence-corrected chi connectivity index (χ4v) is 5.30. The normalized spacial score (nSPS) is 16.7. The van der Waals surface area contributed by atoms with Gasteiger partial charge in [0, 0.05) is 36.9 Å². The maximum absolute atomic E-state index is 12.5. The lowest BCUT2D eigenvalue weighted by Crippen LogP contribution is -2.50. The predicted molar refractivity (Wildman–Crippen MR) is 99.6 cm³/mol. The molecule has 1 aliphatic rings. The Bertz CT molecular complexity index is 815. The smallest absolute Gasteiger partial charge is 0.252 e. The van der Waals surface area contributed by atoms with E-state index in [0.717, 1.165) is 0 Å². The fraction of sp³-hybridized carbons (Fsp3) is 0.312. The number of thiophene rings is 1. The predicted octanol–water partition coefficient (Wildman–Crippen LogP) is 2.35. The third-order valence-electron chi connectivity index (χ3n) is 3.92. The number of carbonyl (C=O) groups is 1. The van der Waals surface area contributed by atoms with Crippen LogP contribution in [-0.4, -0.2) is 56.3 Å². The molecule has 1 fully saturated rings. The van der Waals surface area contributed by atoms with Crippen LogP contribution in [0.1, 0.15) is 0 Å². The quantitative estimate of drug-likeness (QED) is 0.837. The van der Waals surface area contributed by atoms with E-state index in [1.165, 1.54) is 15.6 Å². The molecule has 1 amide bonds. The van der Waals surface area contributed by atoms with E-state index in [1.54, 1.807) is 41.8 Å². The van der Waals surface area contributed by atoms with Crippen LogP contribution in [0, 0.1) is 0 Å². The van der Waals surface area contributed by atoms with Crippen LogP contribution in [-0.2, 0) is 14.8 Å². The van der Waals surface area contributed by atoms with Crippen molar-refractivity contribution in [3.63, 3.8) is 0 Å². The third-order valence-corrected chi connectivity index (χ3v) is 7.44. The van der Waals surface area contributed by atoms with Crippen molar-refractivity contribution in [3.05, 3.63) is 46.8 Å². The molecule has 0 radical (unpaired) electrons. The molecular formula is C16H18ClN3O3S2. The van der Waals surface area contributed by atoms with Gasteiger partial charge in [0.05, 0.1) is 6.54 Å². The summed E-state index contributed by atoms with van der Waals surface area (Å²) in [7, 11) is -3.41. The lowest BCUT2D eigenvalue weighted by Gasteiger charge is -2.33. The van der Waals surface area contributed by atoms with Crippen molar-refractivity contribution in [2.45, 2.75) is 4.21 Å². The highest BCUT2D eigenvalue weighted by molar-refractivity contribution is 7.91. The van der Waals surface area contributed by atoms with Gasteiger partial charge < -0.3 is 5.32 Å². The highest BCUT2D eigenvalue weighted by Crippen LogP contribution is 2.22. The number of amides is 1. The number of anilines is 1. The average Bonchev–Trinajstić information content (AvgIpc) is 3.13. The maximum atomic E-state index is 12.5. The molecule has 2 heterocycles. The molecule has 25 heavy (non-hydrogen) atoms. The summed E-state index contributed by atoms with van der Waals surface area (Å²) in [5.41, 5.74) is 0.688. The highest BCUT2D eigenvalue weighted by Gasteiger charge is 2.29. The van der Waals surface area contributed by atoms with Crippen LogP contribution in [0.25, 0.3) is 0 Å². The first kappa shape index (κ1) is 18.3. The van der Waals surface area contributed by atoms with Crippen LogP contribution in [0.2, 0.25) is 5.02 Å². The Morgan fingerprint density at radius 3 is 2.40 bits per heavy atom. The Morgan fingerprint density at radius 2 is 1.80 bits per heavy atom. The van der Waals surface area contributed by atoms with Crippen molar-refractivity contribution in [3.8, 4) is 0 Å². The van der Waals surface area contributed by atoms with Gasteiger partial charge in [0.15, 0.2) is 0 Å². The fourth-order valence-electron chi connectivity index (χ4n) is 2.60. The first-order valence-corrected chi connectivity index (χ1v) is 10.5. The Hall–Kier alpha value is -1.45. The number of rotatable bonds is 5. The molecule has 2 aromatic rings. The zero-order chi connectivity index (χ0) is 17.9. The van der Waals surface area contributed by atoms with Crippen LogP contribution >= 0.6 is 22.9 Å². The van der Waals surface area contributed by atoms with Gasteiger partial charge in [-0.2, -0.15) is 4.31 Å². The summed E-state index contributed by atoms with van der Waals surface area (Å²) in [6, 6.07) is 10.3. The SMILES string of the molecule is O=C(CN1CCN(S(=O)(=O)c2cccs2)CC1)Nc1ccc(Cl)cc1. The summed E-state index contributed by atoms with van der Waals surface area (Å²) < 4.78 is 26.8. The largest absolute Gasteiger partial charge is 0.325 e. The molecule has 134 valence electrons. The van der Waals surface area contributed by atoms with Gasteiger partial charge in [-0.05, 0) is 35.7 Å². The van der Waals surface area contributed by atoms with Crippen molar-refractivity contribution >= 4 is 44.6 Å². The summed E-state index contributed by atoms with van der Waals surface area (Å²) in [5.74, 6) is -0.128. The Balaban J connectivity index is 1.51. The van der Waals surface area contributed by atoms with Gasteiger partial charge >= 0.3 is 0 Å². The van der Waals surface area contributed by atoms with Crippen molar-refractivity contribution < 1.29 is 13.2 Å². The molecule has 1 aliphatic heterocycles. The van der Waals surface area contributed by atoms with E-state index in [1.807, 2.05) is 4.90 Å². The van der Waals surface area contributed by atoms with Crippen LogP contribution in [0.4, 0.5) is 5.69 Å². The van der Waals surface area contributed by atoms with Gasteiger partial charge in [0.2, 0.25) is 5.91 Å². The van der Waals surface area contributed by atoms with E-state index >= 15 is 0 Å². The number of hydrogen-bond acceptors (Lipinski definition) is 5. The van der Waals surface area contributed by atoms with E-state index in [2.05, 4.69) is 5.32 Å². The molecule has 0 unspecified atom stereocenters. The summed E-state index contributed by atoms with van der Waals surface area (Å²) in [6.45, 7) is 2.05. The minimum Gasteiger partial charge on any atom is -0.325 e. The highest BCUT2D eigenvalue weighted by atomic mass is 35.5. The first-order chi connectivity index (χ1) is 11.9. The number of halogens is 1. The molecule has 1 saturated heterocycles. The molecule has 9 heteroatoms. The van der Waals surface area contributed by atoms with Crippen molar-refractivity contribution in [1.82, 2.24) is 9.21 Å². The van der Waals surface area contributed by atoms with E-state index in [-0.39, 0.29) is 12.5 Å². The Labute approximate surface area is 156 Å². The summed E-state index contributed by atoms with van der Waals surface area (Å²) >= 11 is 7.04. The Kier molecular flexibility index (Phi) is 5.75. The lowest BCUT2D eigenvalue weighted by molar-refractivity contribution is -0.117. The van der Waals surface area contributed by atoms with Gasteiger partial charge in [-0.3, -0.25) is 9.69 Å². The minimum atomic E-state index is -3.41. The molecule has 0 saturated carbocycles. The number of carbonyl (C=O) groups excluding carboxylic acids is 1. The van der Waals surface area contributed by atoms with Crippen molar-refractivity contribution in [2.75, 3.05) is 38.0 Å². The molecule has 0 bridgehead atoms. The molecule has 3 rings (SSSR count). The molecule has 1 N–H and O–H groups in total. The van der Waals surface area contributed by atoms with Gasteiger partial charge in [-0.25, -0.2) is 8.42 Å². The van der Waals surface area contributed by atoms with E-state index in [0.29, 0.717) is 41.1 Å². The summed E-state index contributed by atoms with van der Waals surface area (Å²) in [5, 5.41) is 5.18. The first-order valence-electron chi connectivity index (χ1n) is 7.76. The van der Waals surface area contributed by atoms with Crippen molar-refractivity contribution in [1.29, 1.82) is 0 Å². The average molecular weight is 400 g/mol. The molecule has 0 aliphatic carbocycles. The topological polar surface area (TPSA) is 69.7 Å². The molecule has 0 atom stereocenters. The summed E-state index contributed by atoms with van der Waals surface area (Å²) in [6.07, 6.45) is 0. The monoisotopic (exact) mass is 399 g/mol. The van der Waals surface area contributed by atoms with Crippen LogP contribution in [0.3, 0.4) is 0 Å². The van der Waals surface area contributed by atoms with Gasteiger partial charge in [-0.1, -0.05) is 17.7 Å². The van der Waals surface area contributed by atoms with E-state index in [9.17, 15) is 13.2 Å². The number of nitrogens with one attached hydrogen (secondary N) is 1. The standard InChI is InChI=1S/C16H18ClN3O3S2/c17-13-3-5-14(6-4-13)18-15(21)12-19-7-9-20(10-8-19)25(22,23)16-2-1-11-24-16/h1-6,11H,7-10,12H2,(H,18,21). The number of sulfonamides is 1. The zero-order valence-corrected chi connectivity index (χ0v) is 15.8. The maximum Gasteiger partial charge on any atom is 0.252 e. The molecule has 6 nitrogen and oxygen atoms in total. The van der Waals surface area contributed by atoms with Gasteiger partial charge in [0.25, 0.3) is 10.0 Å². The van der Waals surface area contributed by atoms with E-state index < -0.39 is 10.0 Å². The van der Waals surface area contributed by atoms with Crippen molar-refractivity contribution in [2.24, 2.45) is 0 Å². The molecule has 1 aromatic heterocycles. The number of nitrogens with zero attached hydrogens (tertiary/aromatic N) is 2. The number of hydrogen-bond donors (Lipinski definition) is 1. The zero-order valence-electron chi connectivity index (χ0n) is 13.4. The third kappa shape index (κ3) is 4.59. The minimum absolute atomic E-state index is 0.128. The number of benzene rings is 1. The second-order valence-electron chi connectivity index (χ2n) is 5.67. The van der Waals surface area contributed by atoms with Crippen LogP contribution < -0.4 is 5.32 Å². The van der Waals surface area contributed by atoms with Crippen LogP contribution in [0.15, 0.2) is 46.0 Å². The molecule has 0 spiro atoms. The van der Waals surface area contributed by atoms with E-state index in [4.69, 9.17) is 11.6 Å². The van der Waals surface area contributed by atoms with Gasteiger partial charge in [-0.15, -0.1) is 11.3 Å².